The first-order chi connectivity index (χ1) is 9.88. The van der Waals surface area contributed by atoms with Crippen LogP contribution in [-0.2, 0) is 10.0 Å². The van der Waals surface area contributed by atoms with Crippen molar-refractivity contribution < 1.29 is 18.3 Å². The van der Waals surface area contributed by atoms with E-state index >= 15 is 0 Å². The molecule has 0 unspecified atom stereocenters. The van der Waals surface area contributed by atoms with Crippen molar-refractivity contribution in [2.75, 3.05) is 26.7 Å². The normalized spacial score (nSPS) is 17.8. The van der Waals surface area contributed by atoms with E-state index in [2.05, 4.69) is 16.7 Å². The summed E-state index contributed by atoms with van der Waals surface area (Å²) in [6.45, 7) is 2.34. The number of nitrogens with one attached hydrogen (secondary N) is 1. The topological polar surface area (TPSA) is 86.7 Å². The SMILES string of the molecule is CN1CCC(CNS(=O)(=O)c2cccc(C(=O)O)c2)CC1. The van der Waals surface area contributed by atoms with Gasteiger partial charge in [-0.3, -0.25) is 0 Å². The first-order valence-corrected chi connectivity index (χ1v) is 8.38. The molecular formula is C14H20N2O4S. The van der Waals surface area contributed by atoms with Gasteiger partial charge >= 0.3 is 5.97 Å². The number of sulfonamides is 1. The highest BCUT2D eigenvalue weighted by Gasteiger charge is 2.21. The number of benzene rings is 1. The minimum atomic E-state index is -3.66. The second-order valence-electron chi connectivity index (χ2n) is 5.43. The average Bonchev–Trinajstić information content (AvgIpc) is 2.47. The van der Waals surface area contributed by atoms with Gasteiger partial charge in [0.25, 0.3) is 0 Å². The molecule has 1 aliphatic rings. The molecule has 116 valence electrons. The summed E-state index contributed by atoms with van der Waals surface area (Å²) < 4.78 is 27.0. The Hall–Kier alpha value is -1.44. The van der Waals surface area contributed by atoms with E-state index in [4.69, 9.17) is 5.11 Å². The molecule has 1 aromatic rings. The molecule has 0 radical (unpaired) electrons. The van der Waals surface area contributed by atoms with Crippen LogP contribution in [0, 0.1) is 5.92 Å². The maximum absolute atomic E-state index is 12.2. The number of carboxylic acid groups (broad SMARTS) is 1. The second kappa shape index (κ2) is 6.55. The van der Waals surface area contributed by atoms with E-state index in [1.807, 2.05) is 0 Å². The van der Waals surface area contributed by atoms with E-state index in [0.717, 1.165) is 25.9 Å². The molecular weight excluding hydrogens is 292 g/mol. The molecule has 1 aliphatic heterocycles. The van der Waals surface area contributed by atoms with Crippen molar-refractivity contribution in [2.24, 2.45) is 5.92 Å². The average molecular weight is 312 g/mol. The number of likely N-dealkylation sites (tertiary alicyclic amines) is 1. The van der Waals surface area contributed by atoms with Gasteiger partial charge in [0.1, 0.15) is 0 Å². The monoisotopic (exact) mass is 312 g/mol. The fraction of sp³-hybridized carbons (Fsp3) is 0.500. The minimum absolute atomic E-state index is 0.00433. The fourth-order valence-electron chi connectivity index (χ4n) is 2.37. The lowest BCUT2D eigenvalue weighted by Crippen LogP contribution is -2.36. The smallest absolute Gasteiger partial charge is 0.335 e. The van der Waals surface area contributed by atoms with Gasteiger partial charge in [-0.2, -0.15) is 0 Å². The molecule has 0 aromatic heterocycles. The minimum Gasteiger partial charge on any atom is -0.478 e. The molecule has 6 nitrogen and oxygen atoms in total. The number of carbonyl (C=O) groups is 1. The van der Waals surface area contributed by atoms with Crippen molar-refractivity contribution in [3.8, 4) is 0 Å². The number of rotatable bonds is 5. The zero-order valence-electron chi connectivity index (χ0n) is 11.9. The third-order valence-electron chi connectivity index (χ3n) is 3.79. The highest BCUT2D eigenvalue weighted by atomic mass is 32.2. The first-order valence-electron chi connectivity index (χ1n) is 6.90. The summed E-state index contributed by atoms with van der Waals surface area (Å²) in [5.74, 6) is -0.805. The Morgan fingerprint density at radius 2 is 2.05 bits per heavy atom. The van der Waals surface area contributed by atoms with Crippen molar-refractivity contribution >= 4 is 16.0 Å². The first kappa shape index (κ1) is 15.9. The Morgan fingerprint density at radius 1 is 1.38 bits per heavy atom. The van der Waals surface area contributed by atoms with Gasteiger partial charge in [0, 0.05) is 6.54 Å². The van der Waals surface area contributed by atoms with Crippen LogP contribution >= 0.6 is 0 Å². The fourth-order valence-corrected chi connectivity index (χ4v) is 3.53. The van der Waals surface area contributed by atoms with Crippen LogP contribution in [0.2, 0.25) is 0 Å². The second-order valence-corrected chi connectivity index (χ2v) is 7.20. The van der Waals surface area contributed by atoms with E-state index < -0.39 is 16.0 Å². The standard InChI is InChI=1S/C14H20N2O4S/c1-16-7-5-11(6-8-16)10-15-21(19,20)13-4-2-3-12(9-13)14(17)18/h2-4,9,11,15H,5-8,10H2,1H3,(H,17,18). The molecule has 1 fully saturated rings. The Bertz CT molecular complexity index is 607. The summed E-state index contributed by atoms with van der Waals surface area (Å²) in [4.78, 5) is 13.1. The maximum atomic E-state index is 12.2. The van der Waals surface area contributed by atoms with Crippen LogP contribution < -0.4 is 4.72 Å². The molecule has 0 atom stereocenters. The highest BCUT2D eigenvalue weighted by Crippen LogP contribution is 2.17. The van der Waals surface area contributed by atoms with Crippen LogP contribution in [0.3, 0.4) is 0 Å². The van der Waals surface area contributed by atoms with Gasteiger partial charge < -0.3 is 10.0 Å². The summed E-state index contributed by atoms with van der Waals surface area (Å²) in [6.07, 6.45) is 1.93. The van der Waals surface area contributed by atoms with Crippen molar-refractivity contribution in [1.29, 1.82) is 0 Å². The van der Waals surface area contributed by atoms with Gasteiger partial charge in [-0.05, 0) is 57.1 Å². The van der Waals surface area contributed by atoms with Crippen molar-refractivity contribution in [1.82, 2.24) is 9.62 Å². The van der Waals surface area contributed by atoms with Gasteiger partial charge in [0.15, 0.2) is 0 Å². The number of hydrogen-bond acceptors (Lipinski definition) is 4. The molecule has 7 heteroatoms. The predicted molar refractivity (Wildman–Crippen MR) is 78.8 cm³/mol. The molecule has 0 spiro atoms. The van der Waals surface area contributed by atoms with Crippen LogP contribution in [-0.4, -0.2) is 51.1 Å². The van der Waals surface area contributed by atoms with E-state index in [-0.39, 0.29) is 10.5 Å². The molecule has 0 bridgehead atoms. The van der Waals surface area contributed by atoms with Crippen LogP contribution in [0.5, 0.6) is 0 Å². The van der Waals surface area contributed by atoms with Crippen LogP contribution in [0.4, 0.5) is 0 Å². The lowest BCUT2D eigenvalue weighted by Gasteiger charge is -2.28. The van der Waals surface area contributed by atoms with Gasteiger partial charge in [0.2, 0.25) is 10.0 Å². The van der Waals surface area contributed by atoms with E-state index in [1.54, 1.807) is 0 Å². The zero-order chi connectivity index (χ0) is 15.5. The molecule has 0 aliphatic carbocycles. The largest absolute Gasteiger partial charge is 0.478 e. The highest BCUT2D eigenvalue weighted by molar-refractivity contribution is 7.89. The van der Waals surface area contributed by atoms with Gasteiger partial charge in [-0.15, -0.1) is 0 Å². The van der Waals surface area contributed by atoms with Crippen LogP contribution in [0.15, 0.2) is 29.2 Å². The number of piperidine rings is 1. The van der Waals surface area contributed by atoms with Gasteiger partial charge in [-0.1, -0.05) is 6.07 Å². The molecule has 0 amide bonds. The number of hydrogen-bond donors (Lipinski definition) is 2. The van der Waals surface area contributed by atoms with Crippen molar-refractivity contribution in [3.63, 3.8) is 0 Å². The molecule has 2 N–H and O–H groups in total. The van der Waals surface area contributed by atoms with Crippen LogP contribution in [0.1, 0.15) is 23.2 Å². The lowest BCUT2D eigenvalue weighted by molar-refractivity contribution is 0.0696. The Kier molecular flexibility index (Phi) is 4.97. The molecule has 1 aromatic carbocycles. The molecule has 1 heterocycles. The Morgan fingerprint density at radius 3 is 2.67 bits per heavy atom. The van der Waals surface area contributed by atoms with E-state index in [9.17, 15) is 13.2 Å². The van der Waals surface area contributed by atoms with Gasteiger partial charge in [0.05, 0.1) is 10.5 Å². The van der Waals surface area contributed by atoms with E-state index in [1.165, 1.54) is 24.3 Å². The maximum Gasteiger partial charge on any atom is 0.335 e. The third-order valence-corrected chi connectivity index (χ3v) is 5.21. The van der Waals surface area contributed by atoms with E-state index in [0.29, 0.717) is 12.5 Å². The number of aromatic carboxylic acids is 1. The molecule has 1 saturated heterocycles. The molecule has 21 heavy (non-hydrogen) atoms. The number of carboxylic acids is 1. The predicted octanol–water partition coefficient (Wildman–Crippen LogP) is 1.00. The summed E-state index contributed by atoms with van der Waals surface area (Å²) >= 11 is 0. The lowest BCUT2D eigenvalue weighted by atomic mass is 9.98. The number of nitrogens with zero attached hydrogens (tertiary/aromatic N) is 1. The summed E-state index contributed by atoms with van der Waals surface area (Å²) in [7, 11) is -1.60. The molecule has 0 saturated carbocycles. The third kappa shape index (κ3) is 4.26. The van der Waals surface area contributed by atoms with Gasteiger partial charge in [-0.25, -0.2) is 17.9 Å². The quantitative estimate of drug-likeness (QED) is 0.847. The van der Waals surface area contributed by atoms with Crippen molar-refractivity contribution in [2.45, 2.75) is 17.7 Å². The van der Waals surface area contributed by atoms with Crippen LogP contribution in [0.25, 0.3) is 0 Å². The zero-order valence-corrected chi connectivity index (χ0v) is 12.8. The molecule has 2 rings (SSSR count). The summed E-state index contributed by atoms with van der Waals surface area (Å²) in [6, 6.07) is 5.40. The summed E-state index contributed by atoms with van der Waals surface area (Å²) in [5.41, 5.74) is -0.0304. The van der Waals surface area contributed by atoms with Crippen molar-refractivity contribution in [3.05, 3.63) is 29.8 Å². The Balaban J connectivity index is 2.01. The summed E-state index contributed by atoms with van der Waals surface area (Å²) in [5, 5.41) is 8.91. The Labute approximate surface area is 124 Å².